The lowest BCUT2D eigenvalue weighted by Gasteiger charge is -2.23. The van der Waals surface area contributed by atoms with E-state index in [4.69, 9.17) is 16.3 Å². The van der Waals surface area contributed by atoms with E-state index in [0.29, 0.717) is 23.1 Å². The highest BCUT2D eigenvalue weighted by atomic mass is 35.5. The van der Waals surface area contributed by atoms with Crippen LogP contribution in [0.2, 0.25) is 5.02 Å². The molecule has 1 aliphatic rings. The van der Waals surface area contributed by atoms with E-state index in [0.717, 1.165) is 24.1 Å². The van der Waals surface area contributed by atoms with E-state index in [-0.39, 0.29) is 11.8 Å². The topological polar surface area (TPSA) is 42.4 Å². The van der Waals surface area contributed by atoms with Gasteiger partial charge in [0.25, 0.3) is 0 Å². The summed E-state index contributed by atoms with van der Waals surface area (Å²) in [5.41, 5.74) is 1.87. The van der Waals surface area contributed by atoms with Crippen LogP contribution in [0.15, 0.2) is 73.1 Å². The average Bonchev–Trinajstić information content (AvgIpc) is 3.54. The van der Waals surface area contributed by atoms with Gasteiger partial charge in [-0.05, 0) is 73.0 Å². The lowest BCUT2D eigenvalue weighted by molar-refractivity contribution is -0.119. The van der Waals surface area contributed by atoms with Crippen molar-refractivity contribution in [1.29, 1.82) is 0 Å². The van der Waals surface area contributed by atoms with Gasteiger partial charge in [0.05, 0.1) is 6.54 Å². The predicted octanol–water partition coefficient (Wildman–Crippen LogP) is 5.47. The van der Waals surface area contributed by atoms with Gasteiger partial charge in [0.15, 0.2) is 0 Å². The van der Waals surface area contributed by atoms with Crippen LogP contribution in [0.4, 0.5) is 5.69 Å². The largest absolute Gasteiger partial charge is 0.457 e. The molecule has 4 nitrogen and oxygen atoms in total. The van der Waals surface area contributed by atoms with E-state index < -0.39 is 0 Å². The molecule has 1 aliphatic carbocycles. The Bertz CT molecular complexity index is 907. The molecular formula is C22H19ClN2O2. The molecule has 5 heteroatoms. The summed E-state index contributed by atoms with van der Waals surface area (Å²) in [6.45, 7) is 0.514. The van der Waals surface area contributed by atoms with Crippen molar-refractivity contribution < 1.29 is 9.53 Å². The molecule has 1 saturated carbocycles. The Kier molecular flexibility index (Phi) is 5.07. The third-order valence-corrected chi connectivity index (χ3v) is 4.71. The Morgan fingerprint density at radius 2 is 1.70 bits per heavy atom. The van der Waals surface area contributed by atoms with Crippen LogP contribution in [0.1, 0.15) is 18.4 Å². The first-order chi connectivity index (χ1) is 13.2. The fraction of sp³-hybridized carbons (Fsp3) is 0.182. The number of amides is 1. The molecule has 1 aromatic heterocycles. The summed E-state index contributed by atoms with van der Waals surface area (Å²) in [7, 11) is 0. The molecule has 0 unspecified atom stereocenters. The number of halogens is 1. The van der Waals surface area contributed by atoms with Gasteiger partial charge in [-0.25, -0.2) is 0 Å². The first kappa shape index (κ1) is 17.6. The zero-order chi connectivity index (χ0) is 18.6. The Hall–Kier alpha value is -2.85. The maximum Gasteiger partial charge on any atom is 0.230 e. The van der Waals surface area contributed by atoms with Crippen molar-refractivity contribution in [3.63, 3.8) is 0 Å². The zero-order valence-electron chi connectivity index (χ0n) is 14.7. The van der Waals surface area contributed by atoms with Crippen LogP contribution in [0.3, 0.4) is 0 Å². The number of anilines is 1. The SMILES string of the molecule is O=C(C1CC1)N(Cc1cccnc1)c1ccc(Oc2ccc(Cl)cc2)cc1. The summed E-state index contributed by atoms with van der Waals surface area (Å²) in [4.78, 5) is 18.8. The molecule has 2 aromatic carbocycles. The highest BCUT2D eigenvalue weighted by molar-refractivity contribution is 6.30. The van der Waals surface area contributed by atoms with E-state index in [1.54, 1.807) is 24.5 Å². The van der Waals surface area contributed by atoms with Crippen LogP contribution in [-0.4, -0.2) is 10.9 Å². The molecule has 27 heavy (non-hydrogen) atoms. The molecule has 0 aliphatic heterocycles. The molecule has 0 N–H and O–H groups in total. The van der Waals surface area contributed by atoms with E-state index in [9.17, 15) is 4.79 Å². The number of benzene rings is 2. The van der Waals surface area contributed by atoms with Gasteiger partial charge in [0.1, 0.15) is 11.5 Å². The lowest BCUT2D eigenvalue weighted by Crippen LogP contribution is -2.31. The highest BCUT2D eigenvalue weighted by Crippen LogP contribution is 2.34. The Morgan fingerprint density at radius 3 is 2.30 bits per heavy atom. The first-order valence-corrected chi connectivity index (χ1v) is 9.30. The smallest absolute Gasteiger partial charge is 0.230 e. The van der Waals surface area contributed by atoms with E-state index in [1.807, 2.05) is 53.4 Å². The molecule has 0 radical (unpaired) electrons. The second-order valence-electron chi connectivity index (χ2n) is 6.61. The maximum atomic E-state index is 12.8. The summed E-state index contributed by atoms with van der Waals surface area (Å²) in [5, 5.41) is 0.669. The molecule has 0 saturated heterocycles. The molecule has 136 valence electrons. The molecular weight excluding hydrogens is 360 g/mol. The van der Waals surface area contributed by atoms with Crippen molar-refractivity contribution in [3.8, 4) is 11.5 Å². The summed E-state index contributed by atoms with van der Waals surface area (Å²) >= 11 is 5.90. The second-order valence-corrected chi connectivity index (χ2v) is 7.05. The van der Waals surface area contributed by atoms with Crippen molar-refractivity contribution in [2.75, 3.05) is 4.90 Å². The van der Waals surface area contributed by atoms with Crippen molar-refractivity contribution in [3.05, 3.63) is 83.6 Å². The molecule has 1 fully saturated rings. The average molecular weight is 379 g/mol. The van der Waals surface area contributed by atoms with Gasteiger partial charge in [-0.3, -0.25) is 9.78 Å². The number of nitrogens with zero attached hydrogens (tertiary/aromatic N) is 2. The van der Waals surface area contributed by atoms with Crippen molar-refractivity contribution in [2.45, 2.75) is 19.4 Å². The fourth-order valence-corrected chi connectivity index (χ4v) is 2.98. The molecule has 0 bridgehead atoms. The monoisotopic (exact) mass is 378 g/mol. The molecule has 3 aromatic rings. The highest BCUT2D eigenvalue weighted by Gasteiger charge is 2.34. The molecule has 4 rings (SSSR count). The van der Waals surface area contributed by atoms with Gasteiger partial charge < -0.3 is 9.64 Å². The Labute approximate surface area is 163 Å². The normalized spacial score (nSPS) is 13.2. The van der Waals surface area contributed by atoms with Gasteiger partial charge >= 0.3 is 0 Å². The standard InChI is InChI=1S/C22H19ClN2O2/c23-18-5-9-20(10-6-18)27-21-11-7-19(8-12-21)25(22(26)17-3-4-17)15-16-2-1-13-24-14-16/h1-2,5-14,17H,3-4,15H2. The number of pyridine rings is 1. The Morgan fingerprint density at radius 1 is 1.04 bits per heavy atom. The van der Waals surface area contributed by atoms with Crippen LogP contribution in [0.5, 0.6) is 11.5 Å². The van der Waals surface area contributed by atoms with Gasteiger partial charge in [-0.1, -0.05) is 17.7 Å². The van der Waals surface area contributed by atoms with Crippen molar-refractivity contribution >= 4 is 23.2 Å². The van der Waals surface area contributed by atoms with Crippen molar-refractivity contribution in [1.82, 2.24) is 4.98 Å². The van der Waals surface area contributed by atoms with Crippen molar-refractivity contribution in [2.24, 2.45) is 5.92 Å². The summed E-state index contributed by atoms with van der Waals surface area (Å²) < 4.78 is 5.83. The Balaban J connectivity index is 1.52. The summed E-state index contributed by atoms with van der Waals surface area (Å²) in [6, 6.07) is 18.7. The van der Waals surface area contributed by atoms with Crippen LogP contribution in [0, 0.1) is 5.92 Å². The number of carbonyl (C=O) groups excluding carboxylic acids is 1. The molecule has 0 spiro atoms. The maximum absolute atomic E-state index is 12.8. The quantitative estimate of drug-likeness (QED) is 0.571. The van der Waals surface area contributed by atoms with Crippen LogP contribution in [0.25, 0.3) is 0 Å². The fourth-order valence-electron chi connectivity index (χ4n) is 2.85. The minimum atomic E-state index is 0.145. The number of ether oxygens (including phenoxy) is 1. The van der Waals surface area contributed by atoms with Gasteiger partial charge in [-0.15, -0.1) is 0 Å². The summed E-state index contributed by atoms with van der Waals surface area (Å²) in [6.07, 6.45) is 5.48. The number of rotatable bonds is 6. The molecule has 1 heterocycles. The molecule has 0 atom stereocenters. The van der Waals surface area contributed by atoms with Gasteiger partial charge in [-0.2, -0.15) is 0 Å². The van der Waals surface area contributed by atoms with Crippen LogP contribution >= 0.6 is 11.6 Å². The number of aromatic nitrogens is 1. The van der Waals surface area contributed by atoms with Crippen LogP contribution in [-0.2, 0) is 11.3 Å². The lowest BCUT2D eigenvalue weighted by atomic mass is 10.2. The summed E-state index contributed by atoms with van der Waals surface area (Å²) in [5.74, 6) is 1.74. The number of carbonyl (C=O) groups is 1. The first-order valence-electron chi connectivity index (χ1n) is 8.93. The van der Waals surface area contributed by atoms with E-state index >= 15 is 0 Å². The number of hydrogen-bond acceptors (Lipinski definition) is 3. The van der Waals surface area contributed by atoms with E-state index in [1.165, 1.54) is 0 Å². The second kappa shape index (κ2) is 7.80. The third-order valence-electron chi connectivity index (χ3n) is 4.45. The van der Waals surface area contributed by atoms with E-state index in [2.05, 4.69) is 4.98 Å². The minimum Gasteiger partial charge on any atom is -0.457 e. The zero-order valence-corrected chi connectivity index (χ0v) is 15.5. The molecule has 1 amide bonds. The van der Waals surface area contributed by atoms with Gasteiger partial charge in [0, 0.05) is 29.0 Å². The third kappa shape index (κ3) is 4.47. The minimum absolute atomic E-state index is 0.145. The predicted molar refractivity (Wildman–Crippen MR) is 106 cm³/mol. The van der Waals surface area contributed by atoms with Gasteiger partial charge in [0.2, 0.25) is 5.91 Å². The van der Waals surface area contributed by atoms with Crippen LogP contribution < -0.4 is 9.64 Å². The number of hydrogen-bond donors (Lipinski definition) is 0.